The van der Waals surface area contributed by atoms with Gasteiger partial charge in [-0.2, -0.15) is 0 Å². The quantitative estimate of drug-likeness (QED) is 0.0296. The number of rotatable bonds is 42. The molecule has 1 fully saturated rings. The number of unbranched alkanes of at least 4 members (excludes halogenated alkanes) is 31. The van der Waals surface area contributed by atoms with Crippen LogP contribution in [-0.2, 0) is 14.3 Å². The van der Waals surface area contributed by atoms with Crippen LogP contribution in [0.5, 0.6) is 0 Å². The van der Waals surface area contributed by atoms with E-state index in [9.17, 15) is 35.4 Å². The summed E-state index contributed by atoms with van der Waals surface area (Å²) >= 11 is 0. The highest BCUT2D eigenvalue weighted by Crippen LogP contribution is 2.23. The van der Waals surface area contributed by atoms with Crippen molar-refractivity contribution in [2.75, 3.05) is 13.2 Å². The van der Waals surface area contributed by atoms with E-state index in [1.165, 1.54) is 173 Å². The molecule has 1 rings (SSSR count). The first-order chi connectivity index (χ1) is 28.3. The van der Waals surface area contributed by atoms with Crippen molar-refractivity contribution in [3.63, 3.8) is 0 Å². The van der Waals surface area contributed by atoms with E-state index in [0.717, 1.165) is 38.5 Å². The lowest BCUT2D eigenvalue weighted by atomic mass is 9.98. The highest BCUT2D eigenvalue weighted by atomic mass is 16.7. The summed E-state index contributed by atoms with van der Waals surface area (Å²) in [6.07, 6.45) is 32.5. The molecule has 1 aliphatic heterocycles. The minimum atomic E-state index is -1.60. The summed E-state index contributed by atoms with van der Waals surface area (Å²) in [5, 5.41) is 65.3. The van der Waals surface area contributed by atoms with Gasteiger partial charge in [0.05, 0.1) is 25.4 Å². The van der Waals surface area contributed by atoms with Gasteiger partial charge in [-0.3, -0.25) is 4.79 Å². The topological polar surface area (TPSA) is 169 Å². The Morgan fingerprint density at radius 1 is 0.534 bits per heavy atom. The Morgan fingerprint density at radius 3 is 1.28 bits per heavy atom. The fourth-order valence-electron chi connectivity index (χ4n) is 8.26. The molecule has 1 amide bonds. The molecule has 0 bridgehead atoms. The fourth-order valence-corrected chi connectivity index (χ4v) is 8.26. The Labute approximate surface area is 356 Å². The van der Waals surface area contributed by atoms with Gasteiger partial charge in [-0.15, -0.1) is 0 Å². The Morgan fingerprint density at radius 2 is 0.897 bits per heavy atom. The molecule has 1 aliphatic rings. The molecule has 58 heavy (non-hydrogen) atoms. The molecule has 1 saturated heterocycles. The van der Waals surface area contributed by atoms with Gasteiger partial charge < -0.3 is 45.4 Å². The number of carbonyl (C=O) groups is 1. The number of amides is 1. The summed E-state index contributed by atoms with van der Waals surface area (Å²) in [6.45, 7) is 3.63. The van der Waals surface area contributed by atoms with E-state index in [-0.39, 0.29) is 18.9 Å². The van der Waals surface area contributed by atoms with Crippen molar-refractivity contribution in [1.29, 1.82) is 0 Å². The van der Waals surface area contributed by atoms with Crippen LogP contribution in [0.1, 0.15) is 239 Å². The van der Waals surface area contributed by atoms with Crippen LogP contribution in [0.25, 0.3) is 0 Å². The molecule has 0 radical (unpaired) electrons. The second kappa shape index (κ2) is 39.0. The first-order valence-electron chi connectivity index (χ1n) is 24.8. The lowest BCUT2D eigenvalue weighted by molar-refractivity contribution is -0.303. The van der Waals surface area contributed by atoms with Crippen molar-refractivity contribution in [1.82, 2.24) is 5.32 Å². The van der Waals surface area contributed by atoms with Gasteiger partial charge in [-0.1, -0.05) is 219 Å². The van der Waals surface area contributed by atoms with Crippen LogP contribution in [-0.4, -0.2) is 98.7 Å². The van der Waals surface area contributed by atoms with Crippen molar-refractivity contribution in [2.24, 2.45) is 0 Å². The van der Waals surface area contributed by atoms with E-state index in [1.807, 2.05) is 0 Å². The average molecular weight is 830 g/mol. The van der Waals surface area contributed by atoms with Crippen molar-refractivity contribution in [3.05, 3.63) is 0 Å². The molecule has 0 aliphatic carbocycles. The Bertz CT molecular complexity index is 895. The van der Waals surface area contributed by atoms with E-state index >= 15 is 0 Å². The maximum atomic E-state index is 13.0. The van der Waals surface area contributed by atoms with Gasteiger partial charge in [0.15, 0.2) is 6.29 Å². The second-order valence-electron chi connectivity index (χ2n) is 17.8. The predicted octanol–water partition coefficient (Wildman–Crippen LogP) is 9.70. The Hall–Kier alpha value is -0.850. The molecule has 0 aromatic carbocycles. The molecule has 1 heterocycles. The minimum Gasteiger partial charge on any atom is -0.394 e. The van der Waals surface area contributed by atoms with Crippen LogP contribution >= 0.6 is 0 Å². The van der Waals surface area contributed by atoms with Gasteiger partial charge in [-0.25, -0.2) is 0 Å². The second-order valence-corrected chi connectivity index (χ2v) is 17.8. The molecule has 0 aromatic rings. The van der Waals surface area contributed by atoms with Crippen molar-refractivity contribution >= 4 is 5.91 Å². The molecular weight excluding hydrogens is 735 g/mol. The van der Waals surface area contributed by atoms with Gasteiger partial charge >= 0.3 is 0 Å². The van der Waals surface area contributed by atoms with E-state index in [0.29, 0.717) is 6.42 Å². The van der Waals surface area contributed by atoms with Crippen molar-refractivity contribution in [2.45, 2.75) is 288 Å². The van der Waals surface area contributed by atoms with Gasteiger partial charge in [0.1, 0.15) is 30.5 Å². The summed E-state index contributed by atoms with van der Waals surface area (Å²) in [5.41, 5.74) is 0. The number of carbonyl (C=O) groups excluding carboxylic acids is 1. The molecule has 0 saturated carbocycles. The maximum Gasteiger partial charge on any atom is 0.220 e. The predicted molar refractivity (Wildman–Crippen MR) is 237 cm³/mol. The number of ether oxygens (including phenoxy) is 2. The van der Waals surface area contributed by atoms with Crippen LogP contribution in [0.2, 0.25) is 0 Å². The monoisotopic (exact) mass is 830 g/mol. The molecule has 0 spiro atoms. The largest absolute Gasteiger partial charge is 0.394 e. The third-order valence-electron chi connectivity index (χ3n) is 12.3. The van der Waals surface area contributed by atoms with Crippen LogP contribution in [0.3, 0.4) is 0 Å². The Balaban J connectivity index is 2.34. The molecular formula is C48H95NO9. The SMILES string of the molecule is CCCCCCCCCCCCCCCCCCCCC(=O)N[C@@H](CO[C@@H]1O[C@H](CO)[C@H](O)C(O)C1O)[C@H](O)[C@H](O)CCCCCCCCCCCCCCCCC. The summed E-state index contributed by atoms with van der Waals surface area (Å²) in [4.78, 5) is 13.0. The number of aliphatic hydroxyl groups is 6. The lowest BCUT2D eigenvalue weighted by Gasteiger charge is -2.40. The third kappa shape index (κ3) is 28.6. The highest BCUT2D eigenvalue weighted by Gasteiger charge is 2.44. The van der Waals surface area contributed by atoms with E-state index < -0.39 is 55.6 Å². The average Bonchev–Trinajstić information content (AvgIpc) is 3.22. The number of hydrogen-bond donors (Lipinski definition) is 7. The normalized spacial score (nSPS) is 21.3. The molecule has 10 nitrogen and oxygen atoms in total. The zero-order valence-corrected chi connectivity index (χ0v) is 37.7. The van der Waals surface area contributed by atoms with Crippen molar-refractivity contribution in [3.8, 4) is 0 Å². The molecule has 346 valence electrons. The first kappa shape index (κ1) is 55.2. The van der Waals surface area contributed by atoms with Gasteiger partial charge in [0, 0.05) is 6.42 Å². The molecule has 2 unspecified atom stereocenters. The number of hydrogen-bond acceptors (Lipinski definition) is 9. The standard InChI is InChI=1S/C48H95NO9/c1-3-5-7-9-11-13-15-17-19-20-21-23-25-27-29-31-33-35-37-43(52)49-40(39-57-48-47(56)46(55)45(54)42(38-50)58-48)44(53)41(51)36-34-32-30-28-26-24-22-18-16-14-12-10-8-6-4-2/h40-42,44-48,50-51,53-56H,3-39H2,1-2H3,(H,49,52)/t40-,41+,42+,44-,45-,46?,47?,48+/m0/s1. The molecule has 10 heteroatoms. The highest BCUT2D eigenvalue weighted by molar-refractivity contribution is 5.76. The fraction of sp³-hybridized carbons (Fsp3) is 0.979. The lowest BCUT2D eigenvalue weighted by Crippen LogP contribution is -2.60. The zero-order chi connectivity index (χ0) is 42.5. The third-order valence-corrected chi connectivity index (χ3v) is 12.3. The smallest absolute Gasteiger partial charge is 0.220 e. The van der Waals surface area contributed by atoms with Crippen LogP contribution < -0.4 is 5.32 Å². The summed E-state index contributed by atoms with van der Waals surface area (Å²) in [5.74, 6) is -0.253. The van der Waals surface area contributed by atoms with Crippen LogP contribution in [0.4, 0.5) is 0 Å². The number of aliphatic hydroxyl groups excluding tert-OH is 6. The summed E-state index contributed by atoms with van der Waals surface area (Å²) < 4.78 is 11.2. The Kier molecular flexibility index (Phi) is 37.1. The van der Waals surface area contributed by atoms with Gasteiger partial charge in [-0.05, 0) is 12.8 Å². The minimum absolute atomic E-state index is 0.253. The number of nitrogens with one attached hydrogen (secondary N) is 1. The summed E-state index contributed by atoms with van der Waals surface area (Å²) in [7, 11) is 0. The zero-order valence-electron chi connectivity index (χ0n) is 37.7. The van der Waals surface area contributed by atoms with Gasteiger partial charge in [0.25, 0.3) is 0 Å². The first-order valence-corrected chi connectivity index (χ1v) is 24.8. The van der Waals surface area contributed by atoms with Gasteiger partial charge in [0.2, 0.25) is 5.91 Å². The maximum absolute atomic E-state index is 13.0. The summed E-state index contributed by atoms with van der Waals surface area (Å²) in [6, 6.07) is -0.984. The van der Waals surface area contributed by atoms with E-state index in [4.69, 9.17) is 9.47 Å². The molecule has 7 N–H and O–H groups in total. The van der Waals surface area contributed by atoms with E-state index in [2.05, 4.69) is 19.2 Å². The van der Waals surface area contributed by atoms with E-state index in [1.54, 1.807) is 0 Å². The molecule has 0 aromatic heterocycles. The van der Waals surface area contributed by atoms with Crippen LogP contribution in [0.15, 0.2) is 0 Å². The molecule has 8 atom stereocenters. The van der Waals surface area contributed by atoms with Crippen molar-refractivity contribution < 1.29 is 44.9 Å². The van der Waals surface area contributed by atoms with Crippen LogP contribution in [0, 0.1) is 0 Å².